The topological polar surface area (TPSA) is 90.5 Å². The Bertz CT molecular complexity index is 660. The van der Waals surface area contributed by atoms with Gasteiger partial charge in [0, 0.05) is 52.4 Å². The zero-order valence-electron chi connectivity index (χ0n) is 18.2. The highest BCUT2D eigenvalue weighted by Gasteiger charge is 2.36. The zero-order chi connectivity index (χ0) is 21.6. The molecule has 0 bridgehead atoms. The van der Waals surface area contributed by atoms with E-state index < -0.39 is 10.2 Å². The van der Waals surface area contributed by atoms with Crippen LogP contribution in [0.3, 0.4) is 0 Å². The number of piperidine rings is 1. The molecule has 10 heteroatoms. The highest BCUT2D eigenvalue weighted by atomic mass is 32.2. The predicted octanol–water partition coefficient (Wildman–Crippen LogP) is 0.381. The van der Waals surface area contributed by atoms with E-state index in [0.717, 1.165) is 12.8 Å². The molecular weight excluding hydrogens is 396 g/mol. The molecule has 29 heavy (non-hydrogen) atoms. The van der Waals surface area contributed by atoms with Crippen molar-refractivity contribution in [2.45, 2.75) is 46.6 Å². The second-order valence-corrected chi connectivity index (χ2v) is 9.51. The average molecular weight is 433 g/mol. The molecule has 0 spiro atoms. The van der Waals surface area contributed by atoms with Gasteiger partial charge in [-0.2, -0.15) is 17.0 Å². The van der Waals surface area contributed by atoms with E-state index in [9.17, 15) is 18.0 Å². The van der Waals surface area contributed by atoms with Crippen molar-refractivity contribution in [3.8, 4) is 0 Å². The van der Waals surface area contributed by atoms with Crippen LogP contribution >= 0.6 is 0 Å². The first-order valence-corrected chi connectivity index (χ1v) is 12.1. The first-order chi connectivity index (χ1) is 13.8. The lowest BCUT2D eigenvalue weighted by Crippen LogP contribution is -2.58. The molecular formula is C19H36N4O5S. The molecule has 2 rings (SSSR count). The molecule has 2 fully saturated rings. The molecule has 0 aromatic heterocycles. The monoisotopic (exact) mass is 432 g/mol. The van der Waals surface area contributed by atoms with E-state index in [-0.39, 0.29) is 23.8 Å². The first kappa shape index (κ1) is 24.0. The van der Waals surface area contributed by atoms with Crippen molar-refractivity contribution in [2.24, 2.45) is 5.92 Å². The van der Waals surface area contributed by atoms with Gasteiger partial charge in [-0.15, -0.1) is 0 Å². The number of likely N-dealkylation sites (tertiary alicyclic amines) is 1. The molecule has 0 saturated carbocycles. The molecule has 9 nitrogen and oxygen atoms in total. The Hall–Kier alpha value is -1.23. The van der Waals surface area contributed by atoms with Crippen molar-refractivity contribution in [1.29, 1.82) is 0 Å². The number of hydrogen-bond acceptors (Lipinski definition) is 6. The van der Waals surface area contributed by atoms with Crippen LogP contribution in [0.5, 0.6) is 0 Å². The summed E-state index contributed by atoms with van der Waals surface area (Å²) in [5.74, 6) is -0.483. The molecule has 1 amide bonds. The maximum Gasteiger partial charge on any atom is 0.310 e. The van der Waals surface area contributed by atoms with Crippen molar-refractivity contribution in [3.63, 3.8) is 0 Å². The summed E-state index contributed by atoms with van der Waals surface area (Å²) in [4.78, 5) is 28.8. The fraction of sp³-hybridized carbons (Fsp3) is 0.895. The van der Waals surface area contributed by atoms with E-state index in [1.165, 1.54) is 8.61 Å². The number of hydrogen-bond donors (Lipinski definition) is 0. The van der Waals surface area contributed by atoms with Crippen molar-refractivity contribution < 1.29 is 22.7 Å². The fourth-order valence-corrected chi connectivity index (χ4v) is 5.69. The molecule has 2 saturated heterocycles. The van der Waals surface area contributed by atoms with E-state index in [1.54, 1.807) is 11.8 Å². The van der Waals surface area contributed by atoms with Gasteiger partial charge in [-0.25, -0.2) is 0 Å². The maximum atomic E-state index is 13.0. The molecule has 2 aliphatic rings. The lowest BCUT2D eigenvalue weighted by atomic mass is 9.97. The Morgan fingerprint density at radius 3 is 2.24 bits per heavy atom. The number of amides is 1. The molecule has 168 valence electrons. The molecule has 2 heterocycles. The smallest absolute Gasteiger partial charge is 0.310 e. The quantitative estimate of drug-likeness (QED) is 0.515. The maximum absolute atomic E-state index is 13.0. The summed E-state index contributed by atoms with van der Waals surface area (Å²) < 4.78 is 33.4. The first-order valence-electron chi connectivity index (χ1n) is 10.7. The largest absolute Gasteiger partial charge is 0.466 e. The number of ether oxygens (including phenoxy) is 1. The Labute approximate surface area is 175 Å². The van der Waals surface area contributed by atoms with Crippen LogP contribution in [0.25, 0.3) is 0 Å². The predicted molar refractivity (Wildman–Crippen MR) is 110 cm³/mol. The molecule has 0 N–H and O–H groups in total. The van der Waals surface area contributed by atoms with Crippen LogP contribution in [-0.4, -0.2) is 104 Å². The Morgan fingerprint density at radius 2 is 1.69 bits per heavy atom. The highest BCUT2D eigenvalue weighted by molar-refractivity contribution is 7.86. The SMILES string of the molecule is CCOC(=O)C1CCCN(C(=O)C(C)N2CCN(S(=O)(=O)N(CC)CC)CC2)C1. The van der Waals surface area contributed by atoms with E-state index >= 15 is 0 Å². The Kier molecular flexibility index (Phi) is 8.87. The van der Waals surface area contributed by atoms with Gasteiger partial charge >= 0.3 is 5.97 Å². The Morgan fingerprint density at radius 1 is 1.07 bits per heavy atom. The van der Waals surface area contributed by atoms with Gasteiger partial charge in [0.2, 0.25) is 5.91 Å². The normalized spacial score (nSPS) is 23.2. The van der Waals surface area contributed by atoms with Gasteiger partial charge in [0.15, 0.2) is 0 Å². The van der Waals surface area contributed by atoms with Gasteiger partial charge in [-0.05, 0) is 26.7 Å². The number of carbonyl (C=O) groups excluding carboxylic acids is 2. The summed E-state index contributed by atoms with van der Waals surface area (Å²) in [6, 6.07) is -0.339. The standard InChI is InChI=1S/C19H36N4O5S/c1-5-22(6-2)29(26,27)23-13-11-20(12-14-23)16(4)18(24)21-10-8-9-17(15-21)19(25)28-7-3/h16-17H,5-15H2,1-4H3. The minimum Gasteiger partial charge on any atom is -0.466 e. The number of esters is 1. The average Bonchev–Trinajstić information content (AvgIpc) is 2.73. The number of piperazine rings is 1. The van der Waals surface area contributed by atoms with Crippen LogP contribution in [0, 0.1) is 5.92 Å². The third-order valence-electron chi connectivity index (χ3n) is 5.89. The van der Waals surface area contributed by atoms with Crippen molar-refractivity contribution in [1.82, 2.24) is 18.4 Å². The molecule has 2 aliphatic heterocycles. The highest BCUT2D eigenvalue weighted by Crippen LogP contribution is 2.21. The molecule has 0 aromatic carbocycles. The van der Waals surface area contributed by atoms with Crippen LogP contribution in [0.15, 0.2) is 0 Å². The third-order valence-corrected chi connectivity index (χ3v) is 8.08. The summed E-state index contributed by atoms with van der Waals surface area (Å²) >= 11 is 0. The number of nitrogens with zero attached hydrogens (tertiary/aromatic N) is 4. The van der Waals surface area contributed by atoms with E-state index in [4.69, 9.17) is 4.74 Å². The van der Waals surface area contributed by atoms with Crippen LogP contribution < -0.4 is 0 Å². The van der Waals surface area contributed by atoms with Crippen LogP contribution in [0.4, 0.5) is 0 Å². The summed E-state index contributed by atoms with van der Waals surface area (Å²) in [7, 11) is -3.44. The van der Waals surface area contributed by atoms with Crippen LogP contribution in [0.2, 0.25) is 0 Å². The van der Waals surface area contributed by atoms with Gasteiger partial charge < -0.3 is 9.64 Å². The van der Waals surface area contributed by atoms with E-state index in [0.29, 0.717) is 59.0 Å². The Balaban J connectivity index is 1.92. The zero-order valence-corrected chi connectivity index (χ0v) is 19.0. The lowest BCUT2D eigenvalue weighted by molar-refractivity contribution is -0.152. The number of carbonyl (C=O) groups is 2. The molecule has 0 aliphatic carbocycles. The molecule has 2 atom stereocenters. The summed E-state index contributed by atoms with van der Waals surface area (Å²) in [5, 5.41) is 0. The minimum atomic E-state index is -3.44. The third kappa shape index (κ3) is 5.68. The van der Waals surface area contributed by atoms with Gasteiger partial charge in [0.05, 0.1) is 18.6 Å². The lowest BCUT2D eigenvalue weighted by Gasteiger charge is -2.40. The number of rotatable bonds is 8. The fourth-order valence-electron chi connectivity index (χ4n) is 4.09. The summed E-state index contributed by atoms with van der Waals surface area (Å²) in [5.41, 5.74) is 0. The summed E-state index contributed by atoms with van der Waals surface area (Å²) in [6.45, 7) is 11.4. The molecule has 0 radical (unpaired) electrons. The van der Waals surface area contributed by atoms with Gasteiger partial charge in [-0.3, -0.25) is 14.5 Å². The van der Waals surface area contributed by atoms with Crippen molar-refractivity contribution >= 4 is 22.1 Å². The van der Waals surface area contributed by atoms with E-state index in [2.05, 4.69) is 0 Å². The molecule has 2 unspecified atom stereocenters. The van der Waals surface area contributed by atoms with Crippen LogP contribution in [-0.2, 0) is 24.5 Å². The second kappa shape index (κ2) is 10.7. The minimum absolute atomic E-state index is 0.000881. The van der Waals surface area contributed by atoms with Gasteiger partial charge in [0.1, 0.15) is 0 Å². The van der Waals surface area contributed by atoms with Crippen LogP contribution in [0.1, 0.15) is 40.5 Å². The van der Waals surface area contributed by atoms with Crippen molar-refractivity contribution in [2.75, 3.05) is 59.0 Å². The van der Waals surface area contributed by atoms with Crippen molar-refractivity contribution in [3.05, 3.63) is 0 Å². The van der Waals surface area contributed by atoms with Gasteiger partial charge in [-0.1, -0.05) is 13.8 Å². The van der Waals surface area contributed by atoms with Gasteiger partial charge in [0.25, 0.3) is 10.2 Å². The summed E-state index contributed by atoms with van der Waals surface area (Å²) in [6.07, 6.45) is 1.54. The van der Waals surface area contributed by atoms with E-state index in [1.807, 2.05) is 25.7 Å². The second-order valence-electron chi connectivity index (χ2n) is 7.58. The molecule has 0 aromatic rings.